The minimum absolute atomic E-state index is 0.733. The first kappa shape index (κ1) is 8.84. The molecule has 68 valence electrons. The van der Waals surface area contributed by atoms with E-state index in [-0.39, 0.29) is 0 Å². The Morgan fingerprint density at radius 3 is 2.85 bits per heavy atom. The highest BCUT2D eigenvalue weighted by Crippen LogP contribution is 2.32. The van der Waals surface area contributed by atoms with Crippen molar-refractivity contribution in [2.24, 2.45) is 0 Å². The molecule has 0 unspecified atom stereocenters. The molecule has 1 aromatic heterocycles. The molecule has 13 heavy (non-hydrogen) atoms. The van der Waals surface area contributed by atoms with E-state index >= 15 is 0 Å². The van der Waals surface area contributed by atoms with Crippen LogP contribution in [0.15, 0.2) is 11.0 Å². The summed E-state index contributed by atoms with van der Waals surface area (Å²) in [5.41, 5.74) is 8.63. The maximum atomic E-state index is 5.80. The van der Waals surface area contributed by atoms with Crippen LogP contribution >= 0.6 is 24.0 Å². The van der Waals surface area contributed by atoms with Gasteiger partial charge in [-0.2, -0.15) is 0 Å². The number of hydrogen-bond acceptors (Lipinski definition) is 4. The number of anilines is 1. The van der Waals surface area contributed by atoms with Crippen LogP contribution in [0.4, 0.5) is 5.69 Å². The molecule has 0 fully saturated rings. The normalized spacial score (nSPS) is 11.0. The molecule has 2 nitrogen and oxygen atoms in total. The number of thiol groups is 1. The summed E-state index contributed by atoms with van der Waals surface area (Å²) >= 11 is 6.00. The maximum absolute atomic E-state index is 5.80. The van der Waals surface area contributed by atoms with Crippen molar-refractivity contribution in [3.8, 4) is 0 Å². The molecule has 0 saturated carbocycles. The molecule has 0 spiro atoms. The Bertz CT molecular complexity index is 474. The van der Waals surface area contributed by atoms with E-state index in [2.05, 4.69) is 17.6 Å². The van der Waals surface area contributed by atoms with Gasteiger partial charge in [-0.15, -0.1) is 24.0 Å². The fraction of sp³-hybridized carbons (Fsp3) is 0.222. The highest BCUT2D eigenvalue weighted by molar-refractivity contribution is 7.80. The zero-order chi connectivity index (χ0) is 9.59. The van der Waals surface area contributed by atoms with Crippen molar-refractivity contribution in [1.82, 2.24) is 4.98 Å². The molecule has 2 N–H and O–H groups in total. The number of thiazole rings is 1. The minimum atomic E-state index is 0.733. The van der Waals surface area contributed by atoms with Crippen molar-refractivity contribution in [3.63, 3.8) is 0 Å². The highest BCUT2D eigenvalue weighted by atomic mass is 32.1. The van der Waals surface area contributed by atoms with Crippen molar-refractivity contribution in [2.75, 3.05) is 5.73 Å². The second kappa shape index (κ2) is 2.89. The summed E-state index contributed by atoms with van der Waals surface area (Å²) in [4.78, 5) is 5.27. The first-order valence-corrected chi connectivity index (χ1v) is 5.21. The summed E-state index contributed by atoms with van der Waals surface area (Å²) in [6, 6.07) is 1.94. The van der Waals surface area contributed by atoms with Crippen molar-refractivity contribution in [3.05, 3.63) is 16.6 Å². The monoisotopic (exact) mass is 210 g/mol. The zero-order valence-electron chi connectivity index (χ0n) is 7.46. The molecule has 0 saturated heterocycles. The van der Waals surface area contributed by atoms with Crippen LogP contribution in [0.5, 0.6) is 0 Å². The topological polar surface area (TPSA) is 38.9 Å². The third-order valence-electron chi connectivity index (χ3n) is 2.03. The molecule has 2 rings (SSSR count). The second-order valence-corrected chi connectivity index (χ2v) is 4.70. The van der Waals surface area contributed by atoms with Crippen molar-refractivity contribution in [1.29, 1.82) is 0 Å². The van der Waals surface area contributed by atoms with E-state index in [0.29, 0.717) is 0 Å². The number of benzene rings is 1. The van der Waals surface area contributed by atoms with E-state index < -0.39 is 0 Å². The van der Waals surface area contributed by atoms with E-state index in [9.17, 15) is 0 Å². The van der Waals surface area contributed by atoms with E-state index in [0.717, 1.165) is 31.4 Å². The third kappa shape index (κ3) is 1.30. The number of hydrogen-bond donors (Lipinski definition) is 2. The van der Waals surface area contributed by atoms with Gasteiger partial charge in [0, 0.05) is 10.6 Å². The predicted molar refractivity (Wildman–Crippen MR) is 60.8 cm³/mol. The van der Waals surface area contributed by atoms with Gasteiger partial charge in [-0.3, -0.25) is 0 Å². The summed E-state index contributed by atoms with van der Waals surface area (Å²) in [7, 11) is 0. The average molecular weight is 210 g/mol. The van der Waals surface area contributed by atoms with Gasteiger partial charge >= 0.3 is 0 Å². The van der Waals surface area contributed by atoms with E-state index in [1.165, 1.54) is 0 Å². The van der Waals surface area contributed by atoms with Gasteiger partial charge in [0.2, 0.25) is 0 Å². The van der Waals surface area contributed by atoms with Crippen LogP contribution in [-0.4, -0.2) is 4.98 Å². The number of nitrogens with two attached hydrogens (primary N) is 1. The fourth-order valence-electron chi connectivity index (χ4n) is 1.35. The molecule has 0 amide bonds. The molecule has 1 heterocycles. The van der Waals surface area contributed by atoms with Gasteiger partial charge in [0.05, 0.1) is 15.2 Å². The Morgan fingerprint density at radius 2 is 2.15 bits per heavy atom. The molecule has 0 aliphatic carbocycles. The van der Waals surface area contributed by atoms with E-state index in [1.807, 2.05) is 19.9 Å². The van der Waals surface area contributed by atoms with Crippen LogP contribution in [-0.2, 0) is 0 Å². The summed E-state index contributed by atoms with van der Waals surface area (Å²) in [5.74, 6) is 0. The van der Waals surface area contributed by atoms with Crippen molar-refractivity contribution < 1.29 is 0 Å². The van der Waals surface area contributed by atoms with Crippen molar-refractivity contribution in [2.45, 2.75) is 18.7 Å². The Kier molecular flexibility index (Phi) is 1.96. The lowest BCUT2D eigenvalue weighted by atomic mass is 10.2. The zero-order valence-corrected chi connectivity index (χ0v) is 9.17. The van der Waals surface area contributed by atoms with Crippen LogP contribution in [0.2, 0.25) is 0 Å². The molecule has 0 aliphatic rings. The summed E-state index contributed by atoms with van der Waals surface area (Å²) in [5, 5.41) is 1.07. The van der Waals surface area contributed by atoms with Gasteiger partial charge in [-0.1, -0.05) is 0 Å². The Balaban J connectivity index is 2.92. The number of nitrogen functional groups attached to an aromatic ring is 1. The molecular formula is C9H10N2S2. The standard InChI is InChI=1S/C9H10N2S2/c1-4-8-7(13-5(2)11-8)3-6(10)9(4)12/h3,12H,10H2,1-2H3. The maximum Gasteiger partial charge on any atom is 0.0907 e. The molecule has 0 bridgehead atoms. The summed E-state index contributed by atoms with van der Waals surface area (Å²) in [6.07, 6.45) is 0. The van der Waals surface area contributed by atoms with Gasteiger partial charge in [-0.25, -0.2) is 4.98 Å². The quantitative estimate of drug-likeness (QED) is 0.518. The molecule has 1 aromatic carbocycles. The summed E-state index contributed by atoms with van der Waals surface area (Å²) in [6.45, 7) is 4.00. The Hall–Kier alpha value is -0.740. The van der Waals surface area contributed by atoms with Crippen LogP contribution in [0.3, 0.4) is 0 Å². The van der Waals surface area contributed by atoms with Crippen LogP contribution in [0.25, 0.3) is 10.2 Å². The number of fused-ring (bicyclic) bond motifs is 1. The number of aryl methyl sites for hydroxylation is 2. The van der Waals surface area contributed by atoms with E-state index in [1.54, 1.807) is 11.3 Å². The SMILES string of the molecule is Cc1nc2c(C)c(S)c(N)cc2s1. The Labute approximate surface area is 86.2 Å². The first-order chi connectivity index (χ1) is 6.09. The van der Waals surface area contributed by atoms with Crippen molar-refractivity contribution >= 4 is 39.9 Å². The molecule has 4 heteroatoms. The Morgan fingerprint density at radius 1 is 1.46 bits per heavy atom. The van der Waals surface area contributed by atoms with Gasteiger partial charge in [0.25, 0.3) is 0 Å². The van der Waals surface area contributed by atoms with Crippen LogP contribution in [0, 0.1) is 13.8 Å². The molecular weight excluding hydrogens is 200 g/mol. The van der Waals surface area contributed by atoms with Gasteiger partial charge < -0.3 is 5.73 Å². The van der Waals surface area contributed by atoms with Gasteiger partial charge in [0.1, 0.15) is 0 Å². The lowest BCUT2D eigenvalue weighted by Gasteiger charge is -2.02. The number of aromatic nitrogens is 1. The highest BCUT2D eigenvalue weighted by Gasteiger charge is 2.08. The number of nitrogens with zero attached hydrogens (tertiary/aromatic N) is 1. The fourth-order valence-corrected chi connectivity index (χ4v) is 2.45. The number of rotatable bonds is 0. The lowest BCUT2D eigenvalue weighted by molar-refractivity contribution is 1.28. The first-order valence-electron chi connectivity index (χ1n) is 3.95. The molecule has 0 radical (unpaired) electrons. The molecule has 2 aromatic rings. The largest absolute Gasteiger partial charge is 0.398 e. The molecule has 0 aliphatic heterocycles. The van der Waals surface area contributed by atoms with Gasteiger partial charge in [0.15, 0.2) is 0 Å². The van der Waals surface area contributed by atoms with Crippen LogP contribution in [0.1, 0.15) is 10.6 Å². The second-order valence-electron chi connectivity index (χ2n) is 3.02. The lowest BCUT2D eigenvalue weighted by Crippen LogP contribution is -1.89. The van der Waals surface area contributed by atoms with Crippen LogP contribution < -0.4 is 5.73 Å². The average Bonchev–Trinajstić information content (AvgIpc) is 2.42. The smallest absolute Gasteiger partial charge is 0.0907 e. The van der Waals surface area contributed by atoms with E-state index in [4.69, 9.17) is 5.73 Å². The third-order valence-corrected chi connectivity index (χ3v) is 3.54. The minimum Gasteiger partial charge on any atom is -0.398 e. The summed E-state index contributed by atoms with van der Waals surface area (Å²) < 4.78 is 1.14. The molecule has 0 atom stereocenters. The van der Waals surface area contributed by atoms with Gasteiger partial charge in [-0.05, 0) is 25.5 Å². The predicted octanol–water partition coefficient (Wildman–Crippen LogP) is 2.78.